The molecule has 1 fully saturated rings. The first-order valence-electron chi connectivity index (χ1n) is 8.93. The molecule has 0 unspecified atom stereocenters. The third-order valence-corrected chi connectivity index (χ3v) is 5.34. The number of carbonyl (C=O) groups is 1. The van der Waals surface area contributed by atoms with Crippen LogP contribution in [-0.2, 0) is 11.0 Å². The normalized spacial score (nSPS) is 24.3. The fraction of sp³-hybridized carbons (Fsp3) is 0.611. The molecule has 4 atom stereocenters. The van der Waals surface area contributed by atoms with Crippen molar-refractivity contribution in [3.8, 4) is 0 Å². The van der Waals surface area contributed by atoms with Crippen molar-refractivity contribution in [1.29, 1.82) is 0 Å². The first kappa shape index (κ1) is 21.1. The Morgan fingerprint density at radius 1 is 1.30 bits per heavy atom. The highest BCUT2D eigenvalue weighted by Crippen LogP contribution is 2.37. The molecule has 1 aliphatic carbocycles. The Kier molecular flexibility index (Phi) is 6.46. The van der Waals surface area contributed by atoms with Crippen molar-refractivity contribution in [2.75, 3.05) is 5.32 Å². The summed E-state index contributed by atoms with van der Waals surface area (Å²) in [7, 11) is 0. The summed E-state index contributed by atoms with van der Waals surface area (Å²) in [6.45, 7) is 5.85. The van der Waals surface area contributed by atoms with Gasteiger partial charge in [-0.1, -0.05) is 26.7 Å². The molecule has 1 aromatic carbocycles. The Labute approximate surface area is 155 Å². The Balaban J connectivity index is 2.13. The lowest BCUT2D eigenvalue weighted by atomic mass is 9.78. The van der Waals surface area contributed by atoms with Gasteiger partial charge in [-0.25, -0.2) is 0 Å². The molecule has 0 radical (unpaired) electrons. The van der Waals surface area contributed by atoms with Gasteiger partial charge in [-0.15, -0.1) is 0 Å². The van der Waals surface area contributed by atoms with E-state index >= 15 is 0 Å². The van der Waals surface area contributed by atoms with Gasteiger partial charge in [0.15, 0.2) is 0 Å². The molecule has 1 aliphatic rings. The molecular weight excluding hydrogens is 363 g/mol. The molecule has 150 valence electrons. The summed E-state index contributed by atoms with van der Waals surface area (Å²) in [4.78, 5) is 22.2. The van der Waals surface area contributed by atoms with Crippen molar-refractivity contribution in [3.63, 3.8) is 0 Å². The molecule has 1 saturated carbocycles. The van der Waals surface area contributed by atoms with Gasteiger partial charge in [-0.2, -0.15) is 13.2 Å². The molecule has 1 aromatic rings. The molecule has 9 heteroatoms. The fourth-order valence-electron chi connectivity index (χ4n) is 3.44. The average molecular weight is 387 g/mol. The Bertz CT molecular complexity index is 709. The number of alkyl halides is 3. The standard InChI is InChI=1S/C18H24F3N3O3/c1-10-5-4-6-15(11(10)2)22-12(3)17(25)23-16-8-7-13(24(26)27)9-14(16)18(19,20)21/h7-12,15,22H,4-6H2,1-3H3,(H,23,25)/t10-,11-,12+,15-/m1/s1. The van der Waals surface area contributed by atoms with Crippen molar-refractivity contribution < 1.29 is 22.9 Å². The minimum atomic E-state index is -4.82. The number of non-ortho nitro benzene ring substituents is 1. The number of nitrogens with zero attached hydrogens (tertiary/aromatic N) is 1. The van der Waals surface area contributed by atoms with Crippen LogP contribution < -0.4 is 10.6 Å². The van der Waals surface area contributed by atoms with E-state index in [0.717, 1.165) is 31.4 Å². The van der Waals surface area contributed by atoms with Gasteiger partial charge in [0.1, 0.15) is 0 Å². The SMILES string of the molecule is C[C@@H]1[C@H](C)CCC[C@H]1N[C@@H](C)C(=O)Nc1ccc([N+](=O)[O-])cc1C(F)(F)F. The first-order chi connectivity index (χ1) is 12.5. The third kappa shape index (κ3) is 5.18. The third-order valence-electron chi connectivity index (χ3n) is 5.34. The van der Waals surface area contributed by atoms with Crippen LogP contribution in [0.4, 0.5) is 24.5 Å². The quantitative estimate of drug-likeness (QED) is 0.581. The molecule has 0 aromatic heterocycles. The van der Waals surface area contributed by atoms with E-state index in [1.165, 1.54) is 0 Å². The van der Waals surface area contributed by atoms with Crippen LogP contribution in [0.1, 0.15) is 45.6 Å². The maximum atomic E-state index is 13.2. The number of nitro groups is 1. The van der Waals surface area contributed by atoms with Gasteiger partial charge < -0.3 is 10.6 Å². The molecule has 0 aliphatic heterocycles. The van der Waals surface area contributed by atoms with Gasteiger partial charge in [0.05, 0.1) is 22.2 Å². The van der Waals surface area contributed by atoms with Gasteiger partial charge in [0, 0.05) is 18.2 Å². The van der Waals surface area contributed by atoms with Crippen LogP contribution in [0.5, 0.6) is 0 Å². The highest BCUT2D eigenvalue weighted by molar-refractivity contribution is 5.95. The van der Waals surface area contributed by atoms with E-state index in [2.05, 4.69) is 24.5 Å². The van der Waals surface area contributed by atoms with Gasteiger partial charge in [-0.3, -0.25) is 14.9 Å². The molecule has 2 N–H and O–H groups in total. The minimum absolute atomic E-state index is 0.119. The van der Waals surface area contributed by atoms with Crippen LogP contribution in [0.2, 0.25) is 0 Å². The Morgan fingerprint density at radius 3 is 2.56 bits per heavy atom. The maximum absolute atomic E-state index is 13.2. The van der Waals surface area contributed by atoms with Crippen LogP contribution >= 0.6 is 0 Å². The van der Waals surface area contributed by atoms with E-state index in [4.69, 9.17) is 0 Å². The monoisotopic (exact) mass is 387 g/mol. The summed E-state index contributed by atoms with van der Waals surface area (Å²) in [5.74, 6) is 0.261. The van der Waals surface area contributed by atoms with Crippen molar-refractivity contribution in [2.24, 2.45) is 11.8 Å². The number of hydrogen-bond acceptors (Lipinski definition) is 4. The summed E-state index contributed by atoms with van der Waals surface area (Å²) in [5, 5.41) is 16.2. The second-order valence-corrected chi connectivity index (χ2v) is 7.24. The number of carbonyl (C=O) groups excluding carboxylic acids is 1. The summed E-state index contributed by atoms with van der Waals surface area (Å²) >= 11 is 0. The predicted molar refractivity (Wildman–Crippen MR) is 95.3 cm³/mol. The largest absolute Gasteiger partial charge is 0.418 e. The molecule has 27 heavy (non-hydrogen) atoms. The number of anilines is 1. The van der Waals surface area contributed by atoms with Crippen LogP contribution in [0.25, 0.3) is 0 Å². The number of halogens is 3. The lowest BCUT2D eigenvalue weighted by molar-refractivity contribution is -0.385. The summed E-state index contributed by atoms with van der Waals surface area (Å²) in [6, 6.07) is 1.70. The zero-order chi connectivity index (χ0) is 20.4. The molecule has 0 heterocycles. The highest BCUT2D eigenvalue weighted by atomic mass is 19.4. The number of amides is 1. The predicted octanol–water partition coefficient (Wildman–Crippen LogP) is 4.35. The average Bonchev–Trinajstić information content (AvgIpc) is 2.58. The van der Waals surface area contributed by atoms with E-state index in [9.17, 15) is 28.1 Å². The topological polar surface area (TPSA) is 84.3 Å². The summed E-state index contributed by atoms with van der Waals surface area (Å²) in [5.41, 5.74) is -2.41. The van der Waals surface area contributed by atoms with Gasteiger partial charge in [0.2, 0.25) is 5.91 Å². The van der Waals surface area contributed by atoms with Crippen molar-refractivity contribution in [1.82, 2.24) is 5.32 Å². The van der Waals surface area contributed by atoms with Crippen LogP contribution in [0, 0.1) is 22.0 Å². The number of hydrogen-bond donors (Lipinski definition) is 2. The van der Waals surface area contributed by atoms with Gasteiger partial charge in [-0.05, 0) is 31.2 Å². The molecule has 2 rings (SSSR count). The minimum Gasteiger partial charge on any atom is -0.324 e. The summed E-state index contributed by atoms with van der Waals surface area (Å²) in [6.07, 6.45) is -1.75. The highest BCUT2D eigenvalue weighted by Gasteiger charge is 2.36. The smallest absolute Gasteiger partial charge is 0.324 e. The van der Waals surface area contributed by atoms with Crippen LogP contribution in [-0.4, -0.2) is 22.9 Å². The van der Waals surface area contributed by atoms with E-state index in [1.807, 2.05) is 0 Å². The molecule has 1 amide bonds. The molecule has 0 spiro atoms. The van der Waals surface area contributed by atoms with Crippen molar-refractivity contribution in [3.05, 3.63) is 33.9 Å². The van der Waals surface area contributed by atoms with Gasteiger partial charge >= 0.3 is 6.18 Å². The first-order valence-corrected chi connectivity index (χ1v) is 8.93. The van der Waals surface area contributed by atoms with E-state index < -0.39 is 40.0 Å². The zero-order valence-electron chi connectivity index (χ0n) is 15.5. The zero-order valence-corrected chi connectivity index (χ0v) is 15.5. The molecule has 6 nitrogen and oxygen atoms in total. The van der Waals surface area contributed by atoms with Crippen molar-refractivity contribution >= 4 is 17.3 Å². The number of rotatable bonds is 5. The van der Waals surface area contributed by atoms with E-state index in [1.54, 1.807) is 6.92 Å². The van der Waals surface area contributed by atoms with E-state index in [-0.39, 0.29) is 6.04 Å². The Morgan fingerprint density at radius 2 is 1.96 bits per heavy atom. The van der Waals surface area contributed by atoms with Gasteiger partial charge in [0.25, 0.3) is 5.69 Å². The van der Waals surface area contributed by atoms with Crippen molar-refractivity contribution in [2.45, 2.75) is 58.3 Å². The summed E-state index contributed by atoms with van der Waals surface area (Å²) < 4.78 is 39.7. The Hall–Kier alpha value is -2.16. The number of benzene rings is 1. The number of nitrogens with one attached hydrogen (secondary N) is 2. The number of nitro benzene ring substituents is 1. The lowest BCUT2D eigenvalue weighted by Crippen LogP contribution is -2.49. The fourth-order valence-corrected chi connectivity index (χ4v) is 3.44. The molecule has 0 bridgehead atoms. The second kappa shape index (κ2) is 8.24. The molecule has 0 saturated heterocycles. The lowest BCUT2D eigenvalue weighted by Gasteiger charge is -2.36. The van der Waals surface area contributed by atoms with E-state index in [0.29, 0.717) is 17.9 Å². The molecular formula is C18H24F3N3O3. The van der Waals surface area contributed by atoms with Crippen LogP contribution in [0.15, 0.2) is 18.2 Å². The van der Waals surface area contributed by atoms with Crippen LogP contribution in [0.3, 0.4) is 0 Å². The second-order valence-electron chi connectivity index (χ2n) is 7.24. The maximum Gasteiger partial charge on any atom is 0.418 e.